The van der Waals surface area contributed by atoms with Gasteiger partial charge in [-0.3, -0.25) is 0 Å². The molecule has 4 heteroatoms. The summed E-state index contributed by atoms with van der Waals surface area (Å²) in [6.07, 6.45) is 0. The molecule has 2 aromatic rings. The van der Waals surface area contributed by atoms with E-state index >= 15 is 0 Å². The second-order valence-electron chi connectivity index (χ2n) is 3.22. The predicted octanol–water partition coefficient (Wildman–Crippen LogP) is 4.10. The minimum atomic E-state index is -0.337. The van der Waals surface area contributed by atoms with Gasteiger partial charge in [-0.05, 0) is 19.1 Å². The SMILES string of the molecule is Cc1scc(N)c1-c1c(F)cccc1Cl. The van der Waals surface area contributed by atoms with Crippen LogP contribution in [0.15, 0.2) is 23.6 Å². The van der Waals surface area contributed by atoms with Gasteiger partial charge in [0, 0.05) is 21.4 Å². The highest BCUT2D eigenvalue weighted by atomic mass is 35.5. The average Bonchev–Trinajstić information content (AvgIpc) is 2.49. The number of nitrogen functional groups attached to an aromatic ring is 1. The Morgan fingerprint density at radius 3 is 2.60 bits per heavy atom. The molecule has 15 heavy (non-hydrogen) atoms. The number of halogens is 2. The number of aryl methyl sites for hydroxylation is 1. The lowest BCUT2D eigenvalue weighted by Gasteiger charge is -2.06. The zero-order chi connectivity index (χ0) is 11.0. The third-order valence-electron chi connectivity index (χ3n) is 2.22. The monoisotopic (exact) mass is 241 g/mol. The zero-order valence-electron chi connectivity index (χ0n) is 8.05. The normalized spacial score (nSPS) is 10.6. The maximum Gasteiger partial charge on any atom is 0.132 e. The zero-order valence-corrected chi connectivity index (χ0v) is 9.62. The van der Waals surface area contributed by atoms with Crippen LogP contribution in [0.25, 0.3) is 11.1 Å². The van der Waals surface area contributed by atoms with Crippen molar-refractivity contribution >= 4 is 28.6 Å². The molecule has 0 radical (unpaired) electrons. The molecule has 0 aliphatic rings. The fourth-order valence-electron chi connectivity index (χ4n) is 1.53. The number of rotatable bonds is 1. The first kappa shape index (κ1) is 10.5. The molecule has 0 fully saturated rings. The first-order chi connectivity index (χ1) is 7.11. The van der Waals surface area contributed by atoms with E-state index in [0.29, 0.717) is 21.8 Å². The van der Waals surface area contributed by atoms with Crippen LogP contribution in [-0.4, -0.2) is 0 Å². The summed E-state index contributed by atoms with van der Waals surface area (Å²) in [6.45, 7) is 1.90. The van der Waals surface area contributed by atoms with Gasteiger partial charge in [-0.15, -0.1) is 11.3 Å². The van der Waals surface area contributed by atoms with Crippen LogP contribution < -0.4 is 5.73 Å². The van der Waals surface area contributed by atoms with Gasteiger partial charge in [0.25, 0.3) is 0 Å². The molecule has 0 amide bonds. The number of hydrogen-bond acceptors (Lipinski definition) is 2. The molecule has 1 aromatic heterocycles. The van der Waals surface area contributed by atoms with E-state index in [4.69, 9.17) is 17.3 Å². The van der Waals surface area contributed by atoms with Crippen molar-refractivity contribution in [1.29, 1.82) is 0 Å². The molecule has 0 unspecified atom stereocenters. The third kappa shape index (κ3) is 1.73. The van der Waals surface area contributed by atoms with E-state index < -0.39 is 0 Å². The third-order valence-corrected chi connectivity index (χ3v) is 3.46. The minimum absolute atomic E-state index is 0.337. The van der Waals surface area contributed by atoms with Crippen molar-refractivity contribution in [1.82, 2.24) is 0 Å². The lowest BCUT2D eigenvalue weighted by Crippen LogP contribution is -1.90. The van der Waals surface area contributed by atoms with Crippen molar-refractivity contribution in [2.24, 2.45) is 0 Å². The Labute approximate surface area is 96.3 Å². The van der Waals surface area contributed by atoms with Crippen LogP contribution in [0.3, 0.4) is 0 Å². The Morgan fingerprint density at radius 1 is 1.33 bits per heavy atom. The summed E-state index contributed by atoms with van der Waals surface area (Å²) in [7, 11) is 0. The van der Waals surface area contributed by atoms with Gasteiger partial charge in [-0.1, -0.05) is 17.7 Å². The predicted molar refractivity (Wildman–Crippen MR) is 63.9 cm³/mol. The topological polar surface area (TPSA) is 26.0 Å². The van der Waals surface area contributed by atoms with E-state index in [9.17, 15) is 4.39 Å². The summed E-state index contributed by atoms with van der Waals surface area (Å²) in [5.41, 5.74) is 7.48. The van der Waals surface area contributed by atoms with Gasteiger partial charge in [-0.25, -0.2) is 4.39 Å². The van der Waals surface area contributed by atoms with Crippen molar-refractivity contribution in [3.63, 3.8) is 0 Å². The largest absolute Gasteiger partial charge is 0.398 e. The molecule has 0 saturated carbocycles. The minimum Gasteiger partial charge on any atom is -0.398 e. The molecule has 0 aliphatic heterocycles. The molecular formula is C11H9ClFNS. The van der Waals surface area contributed by atoms with Gasteiger partial charge in [0.15, 0.2) is 0 Å². The van der Waals surface area contributed by atoms with Crippen molar-refractivity contribution in [3.05, 3.63) is 39.3 Å². The molecule has 1 nitrogen and oxygen atoms in total. The summed E-state index contributed by atoms with van der Waals surface area (Å²) in [4.78, 5) is 0.972. The van der Waals surface area contributed by atoms with Crippen LogP contribution in [0.2, 0.25) is 5.02 Å². The molecule has 0 saturated heterocycles. The highest BCUT2D eigenvalue weighted by Crippen LogP contribution is 2.39. The number of benzene rings is 1. The van der Waals surface area contributed by atoms with Gasteiger partial charge in [-0.2, -0.15) is 0 Å². The molecule has 1 heterocycles. The van der Waals surface area contributed by atoms with Gasteiger partial charge in [0.2, 0.25) is 0 Å². The number of nitrogens with two attached hydrogens (primary N) is 1. The van der Waals surface area contributed by atoms with Crippen LogP contribution in [0.4, 0.5) is 10.1 Å². The second-order valence-corrected chi connectivity index (χ2v) is 4.71. The summed E-state index contributed by atoms with van der Waals surface area (Å²) in [6, 6.07) is 4.63. The second kappa shape index (κ2) is 3.83. The van der Waals surface area contributed by atoms with Crippen LogP contribution in [0.5, 0.6) is 0 Å². The Balaban J connectivity index is 2.74. The smallest absolute Gasteiger partial charge is 0.132 e. The van der Waals surface area contributed by atoms with E-state index in [1.165, 1.54) is 17.4 Å². The lowest BCUT2D eigenvalue weighted by molar-refractivity contribution is 0.631. The summed E-state index contributed by atoms with van der Waals surface area (Å²) < 4.78 is 13.6. The van der Waals surface area contributed by atoms with Crippen molar-refractivity contribution < 1.29 is 4.39 Å². The molecule has 78 valence electrons. The Morgan fingerprint density at radius 2 is 2.07 bits per heavy atom. The Bertz CT molecular complexity index is 468. The van der Waals surface area contributed by atoms with Crippen molar-refractivity contribution in [2.45, 2.75) is 6.92 Å². The van der Waals surface area contributed by atoms with E-state index in [0.717, 1.165) is 4.88 Å². The fraction of sp³-hybridized carbons (Fsp3) is 0.0909. The average molecular weight is 242 g/mol. The van der Waals surface area contributed by atoms with Gasteiger partial charge >= 0.3 is 0 Å². The molecule has 0 bridgehead atoms. The maximum absolute atomic E-state index is 13.6. The van der Waals surface area contributed by atoms with Crippen LogP contribution in [0.1, 0.15) is 4.88 Å². The molecule has 0 aliphatic carbocycles. The van der Waals surface area contributed by atoms with E-state index in [1.807, 2.05) is 6.92 Å². The van der Waals surface area contributed by atoms with Crippen LogP contribution in [-0.2, 0) is 0 Å². The molecular weight excluding hydrogens is 233 g/mol. The first-order valence-electron chi connectivity index (χ1n) is 4.39. The van der Waals surface area contributed by atoms with E-state index in [1.54, 1.807) is 17.5 Å². The van der Waals surface area contributed by atoms with Gasteiger partial charge in [0.1, 0.15) is 5.82 Å². The first-order valence-corrected chi connectivity index (χ1v) is 5.65. The summed E-state index contributed by atoms with van der Waals surface area (Å²) in [5.74, 6) is -0.337. The summed E-state index contributed by atoms with van der Waals surface area (Å²) >= 11 is 7.47. The van der Waals surface area contributed by atoms with Crippen LogP contribution >= 0.6 is 22.9 Å². The molecule has 1 aromatic carbocycles. The molecule has 2 rings (SSSR count). The van der Waals surface area contributed by atoms with E-state index in [-0.39, 0.29) is 5.82 Å². The molecule has 0 atom stereocenters. The standard InChI is InChI=1S/C11H9ClFNS/c1-6-10(9(14)5-15-6)11-7(12)3-2-4-8(11)13/h2-5H,14H2,1H3. The lowest BCUT2D eigenvalue weighted by atomic mass is 10.0. The van der Waals surface area contributed by atoms with E-state index in [2.05, 4.69) is 0 Å². The van der Waals surface area contributed by atoms with Crippen LogP contribution in [0, 0.1) is 12.7 Å². The number of thiophene rings is 1. The molecule has 0 spiro atoms. The quantitative estimate of drug-likeness (QED) is 0.799. The maximum atomic E-state index is 13.6. The summed E-state index contributed by atoms with van der Waals surface area (Å²) in [5, 5.41) is 2.19. The van der Waals surface area contributed by atoms with Gasteiger partial charge < -0.3 is 5.73 Å². The van der Waals surface area contributed by atoms with Crippen molar-refractivity contribution in [3.8, 4) is 11.1 Å². The number of anilines is 1. The fourth-order valence-corrected chi connectivity index (χ4v) is 2.55. The highest BCUT2D eigenvalue weighted by Gasteiger charge is 2.15. The Kier molecular flexibility index (Phi) is 2.67. The van der Waals surface area contributed by atoms with Gasteiger partial charge in [0.05, 0.1) is 10.7 Å². The molecule has 2 N–H and O–H groups in total. The number of hydrogen-bond donors (Lipinski definition) is 1. The Hall–Kier alpha value is -1.06. The van der Waals surface area contributed by atoms with Crippen molar-refractivity contribution in [2.75, 3.05) is 5.73 Å². The highest BCUT2D eigenvalue weighted by molar-refractivity contribution is 7.11.